The summed E-state index contributed by atoms with van der Waals surface area (Å²) < 4.78 is 35.6. The van der Waals surface area contributed by atoms with Gasteiger partial charge < -0.3 is 0 Å². The maximum atomic E-state index is 11.9. The summed E-state index contributed by atoms with van der Waals surface area (Å²) in [5.74, 6) is 0. The molecular weight excluding hydrogens is 145 g/mol. The second kappa shape index (κ2) is 2.23. The van der Waals surface area contributed by atoms with Crippen LogP contribution in [0, 0.1) is 0 Å². The van der Waals surface area contributed by atoms with Crippen LogP contribution in [0.15, 0.2) is 4.99 Å². The number of nitrogens with zero attached hydrogens (tertiary/aromatic N) is 2. The topological polar surface area (TPSA) is 15.6 Å². The van der Waals surface area contributed by atoms with Gasteiger partial charge in [0.2, 0.25) is 0 Å². The number of hydrogen-bond acceptors (Lipinski definition) is 2. The first-order chi connectivity index (χ1) is 4.52. The molecule has 1 aliphatic heterocycles. The van der Waals surface area contributed by atoms with Gasteiger partial charge in [-0.2, -0.15) is 13.2 Å². The summed E-state index contributed by atoms with van der Waals surface area (Å²) in [7, 11) is 1.39. The molecule has 1 rings (SSSR count). The van der Waals surface area contributed by atoms with Gasteiger partial charge in [-0.05, 0) is 7.05 Å². The van der Waals surface area contributed by atoms with Crippen molar-refractivity contribution < 1.29 is 13.2 Å². The summed E-state index contributed by atoms with van der Waals surface area (Å²) in [4.78, 5) is 4.40. The van der Waals surface area contributed by atoms with E-state index in [1.807, 2.05) is 0 Å². The third kappa shape index (κ3) is 1.29. The molecule has 0 bridgehead atoms. The minimum atomic E-state index is -4.22. The van der Waals surface area contributed by atoms with Gasteiger partial charge in [-0.25, -0.2) is 0 Å². The monoisotopic (exact) mass is 152 g/mol. The smallest absolute Gasteiger partial charge is 0.272 e. The molecule has 0 aliphatic carbocycles. The lowest BCUT2D eigenvalue weighted by atomic mass is 10.5. The summed E-state index contributed by atoms with van der Waals surface area (Å²) in [6.07, 6.45) is -4.56. The van der Waals surface area contributed by atoms with Crippen LogP contribution in [0.2, 0.25) is 0 Å². The van der Waals surface area contributed by atoms with Crippen LogP contribution in [0.1, 0.15) is 0 Å². The summed E-state index contributed by atoms with van der Waals surface area (Å²) in [6.45, 7) is 0.282. The molecule has 1 unspecified atom stereocenters. The van der Waals surface area contributed by atoms with Crippen LogP contribution in [0.25, 0.3) is 0 Å². The number of halogens is 3. The Morgan fingerprint density at radius 2 is 2.20 bits per heavy atom. The lowest BCUT2D eigenvalue weighted by molar-refractivity contribution is -0.172. The molecular formula is C5H7F3N2. The van der Waals surface area contributed by atoms with Crippen molar-refractivity contribution >= 4 is 6.21 Å². The van der Waals surface area contributed by atoms with Crippen LogP contribution in [-0.4, -0.2) is 37.0 Å². The predicted molar refractivity (Wildman–Crippen MR) is 31.0 cm³/mol. The Kier molecular flexibility index (Phi) is 1.68. The predicted octanol–water partition coefficient (Wildman–Crippen LogP) is 0.891. The lowest BCUT2D eigenvalue weighted by Gasteiger charge is -2.19. The number of rotatable bonds is 0. The maximum Gasteiger partial charge on any atom is 0.424 e. The van der Waals surface area contributed by atoms with E-state index in [-0.39, 0.29) is 6.54 Å². The molecule has 0 aromatic rings. The number of aliphatic imine (C=N–C) groups is 1. The molecule has 0 aromatic carbocycles. The molecule has 0 saturated carbocycles. The van der Waals surface area contributed by atoms with E-state index in [0.717, 1.165) is 4.90 Å². The van der Waals surface area contributed by atoms with Gasteiger partial charge in [0.05, 0.1) is 0 Å². The zero-order chi connectivity index (χ0) is 7.78. The van der Waals surface area contributed by atoms with Crippen LogP contribution >= 0.6 is 0 Å². The minimum Gasteiger partial charge on any atom is -0.272 e. The molecule has 1 heterocycles. The molecule has 1 aliphatic rings. The zero-order valence-electron chi connectivity index (χ0n) is 5.39. The highest BCUT2D eigenvalue weighted by Gasteiger charge is 2.43. The Bertz CT molecular complexity index is 151. The van der Waals surface area contributed by atoms with Crippen LogP contribution in [0.3, 0.4) is 0 Å². The average Bonchev–Trinajstić information content (AvgIpc) is 2.11. The quantitative estimate of drug-likeness (QED) is 0.503. The van der Waals surface area contributed by atoms with Gasteiger partial charge in [-0.1, -0.05) is 0 Å². The Morgan fingerprint density at radius 1 is 1.60 bits per heavy atom. The fraction of sp³-hybridized carbons (Fsp3) is 0.800. The zero-order valence-corrected chi connectivity index (χ0v) is 5.39. The van der Waals surface area contributed by atoms with E-state index in [1.54, 1.807) is 0 Å². The van der Waals surface area contributed by atoms with Crippen LogP contribution in [0.4, 0.5) is 13.2 Å². The van der Waals surface area contributed by atoms with Crippen LogP contribution in [-0.2, 0) is 0 Å². The molecule has 0 fully saturated rings. The number of alkyl halides is 3. The fourth-order valence-electron chi connectivity index (χ4n) is 0.824. The summed E-state index contributed by atoms with van der Waals surface area (Å²) >= 11 is 0. The normalized spacial score (nSPS) is 27.8. The first-order valence-corrected chi connectivity index (χ1v) is 2.80. The van der Waals surface area contributed by atoms with Crippen molar-refractivity contribution in [3.8, 4) is 0 Å². The molecule has 0 N–H and O–H groups in total. The highest BCUT2D eigenvalue weighted by molar-refractivity contribution is 5.62. The van der Waals surface area contributed by atoms with E-state index in [2.05, 4.69) is 4.99 Å². The van der Waals surface area contributed by atoms with Crippen molar-refractivity contribution in [2.24, 2.45) is 4.99 Å². The van der Waals surface area contributed by atoms with E-state index < -0.39 is 12.3 Å². The molecule has 10 heavy (non-hydrogen) atoms. The van der Waals surface area contributed by atoms with Crippen molar-refractivity contribution in [1.82, 2.24) is 4.90 Å². The van der Waals surface area contributed by atoms with Crippen molar-refractivity contribution in [2.45, 2.75) is 12.3 Å². The van der Waals surface area contributed by atoms with Gasteiger partial charge in [-0.15, -0.1) is 0 Å². The minimum absolute atomic E-state index is 0.282. The molecule has 0 spiro atoms. The first kappa shape index (κ1) is 7.53. The van der Waals surface area contributed by atoms with Crippen LogP contribution in [0.5, 0.6) is 0 Å². The maximum absolute atomic E-state index is 11.9. The van der Waals surface area contributed by atoms with Crippen molar-refractivity contribution in [3.05, 3.63) is 0 Å². The van der Waals surface area contributed by atoms with Gasteiger partial charge >= 0.3 is 6.18 Å². The lowest BCUT2D eigenvalue weighted by Crippen LogP contribution is -2.38. The molecule has 1 atom stereocenters. The fourth-order valence-corrected chi connectivity index (χ4v) is 0.824. The second-order valence-electron chi connectivity index (χ2n) is 2.19. The molecule has 58 valence electrons. The highest BCUT2D eigenvalue weighted by atomic mass is 19.4. The Balaban J connectivity index is 2.64. The van der Waals surface area contributed by atoms with Gasteiger partial charge in [0.1, 0.15) is 0 Å². The summed E-state index contributed by atoms with van der Waals surface area (Å²) in [5.41, 5.74) is 0. The molecule has 5 heteroatoms. The van der Waals surface area contributed by atoms with Crippen molar-refractivity contribution in [3.63, 3.8) is 0 Å². The molecule has 0 aromatic heterocycles. The molecule has 2 nitrogen and oxygen atoms in total. The van der Waals surface area contributed by atoms with E-state index >= 15 is 0 Å². The summed E-state index contributed by atoms with van der Waals surface area (Å²) in [5, 5.41) is 0. The Morgan fingerprint density at radius 3 is 2.40 bits per heavy atom. The molecule has 0 amide bonds. The first-order valence-electron chi connectivity index (χ1n) is 2.80. The van der Waals surface area contributed by atoms with Crippen LogP contribution < -0.4 is 0 Å². The second-order valence-corrected chi connectivity index (χ2v) is 2.19. The standard InChI is InChI=1S/C5H7F3N2/c1-10-3-2-9-4(10)5(6,7)8/h2,4H,3H2,1H3. The Labute approximate surface area is 56.3 Å². The van der Waals surface area contributed by atoms with Crippen molar-refractivity contribution in [1.29, 1.82) is 0 Å². The van der Waals surface area contributed by atoms with E-state index in [1.165, 1.54) is 13.3 Å². The third-order valence-corrected chi connectivity index (χ3v) is 1.33. The SMILES string of the molecule is CN1CC=NC1C(F)(F)F. The van der Waals surface area contributed by atoms with Gasteiger partial charge in [0.15, 0.2) is 6.17 Å². The average molecular weight is 152 g/mol. The molecule has 0 saturated heterocycles. The van der Waals surface area contributed by atoms with E-state index in [4.69, 9.17) is 0 Å². The Hall–Kier alpha value is -0.580. The number of hydrogen-bond donors (Lipinski definition) is 0. The molecule has 0 radical (unpaired) electrons. The van der Waals surface area contributed by atoms with E-state index in [0.29, 0.717) is 0 Å². The highest BCUT2D eigenvalue weighted by Crippen LogP contribution is 2.26. The van der Waals surface area contributed by atoms with E-state index in [9.17, 15) is 13.2 Å². The largest absolute Gasteiger partial charge is 0.424 e. The van der Waals surface area contributed by atoms with Gasteiger partial charge in [-0.3, -0.25) is 9.89 Å². The summed E-state index contributed by atoms with van der Waals surface area (Å²) in [6, 6.07) is 0. The van der Waals surface area contributed by atoms with Crippen molar-refractivity contribution in [2.75, 3.05) is 13.6 Å². The third-order valence-electron chi connectivity index (χ3n) is 1.33. The van der Waals surface area contributed by atoms with Gasteiger partial charge in [0.25, 0.3) is 0 Å². The van der Waals surface area contributed by atoms with Gasteiger partial charge in [0, 0.05) is 12.8 Å².